The molecule has 0 amide bonds. The van der Waals surface area contributed by atoms with Gasteiger partial charge in [0.1, 0.15) is 0 Å². The number of hydrogen-bond donors (Lipinski definition) is 3. The largest absolute Gasteiger partial charge is 0.386 e. The van der Waals surface area contributed by atoms with Crippen LogP contribution in [0.25, 0.3) is 18.2 Å². The monoisotopic (exact) mass is 363 g/mol. The fraction of sp³-hybridized carbons (Fsp3) is 0.333. The zero-order valence-electron chi connectivity index (χ0n) is 17.2. The standard InChI is InChI=1S/C24H33N3/c1-6-22-23(19(5)27-24(22)7-2)15-16-25-17-21-13-11-20(12-14-21)10-9-18(4)26-8-3/h6-7,9-14,25-27H,4,8,15-17H2,1-3,5H3/b10-9+,22-6-,24-7+. The van der Waals surface area contributed by atoms with Crippen molar-refractivity contribution in [3.05, 3.63) is 75.6 Å². The quantitative estimate of drug-likeness (QED) is 0.472. The summed E-state index contributed by atoms with van der Waals surface area (Å²) in [5.41, 5.74) is 6.11. The smallest absolute Gasteiger partial charge is 0.0412 e. The van der Waals surface area contributed by atoms with E-state index < -0.39 is 0 Å². The third-order valence-corrected chi connectivity index (χ3v) is 4.71. The van der Waals surface area contributed by atoms with E-state index >= 15 is 0 Å². The van der Waals surface area contributed by atoms with Crippen molar-refractivity contribution in [2.75, 3.05) is 13.1 Å². The van der Waals surface area contributed by atoms with Crippen LogP contribution in [0, 0.1) is 6.92 Å². The van der Waals surface area contributed by atoms with Gasteiger partial charge in [0.05, 0.1) is 0 Å². The number of rotatable bonds is 9. The van der Waals surface area contributed by atoms with Gasteiger partial charge in [0, 0.05) is 29.8 Å². The van der Waals surface area contributed by atoms with Crippen LogP contribution in [0.1, 0.15) is 43.2 Å². The Labute approximate surface area is 163 Å². The first kappa shape index (κ1) is 20.8. The molecule has 144 valence electrons. The average molecular weight is 364 g/mol. The lowest BCUT2D eigenvalue weighted by Crippen LogP contribution is -2.26. The third kappa shape index (κ3) is 6.00. The molecule has 0 unspecified atom stereocenters. The average Bonchev–Trinajstić information content (AvgIpc) is 2.99. The molecule has 0 radical (unpaired) electrons. The predicted molar refractivity (Wildman–Crippen MR) is 119 cm³/mol. The van der Waals surface area contributed by atoms with Crippen molar-refractivity contribution in [3.63, 3.8) is 0 Å². The Morgan fingerprint density at radius 1 is 1.15 bits per heavy atom. The zero-order valence-corrected chi connectivity index (χ0v) is 17.2. The molecule has 1 heterocycles. The molecular weight excluding hydrogens is 330 g/mol. The van der Waals surface area contributed by atoms with Gasteiger partial charge in [0.25, 0.3) is 0 Å². The Bertz CT molecular complexity index is 883. The van der Waals surface area contributed by atoms with Crippen LogP contribution in [0.15, 0.2) is 42.6 Å². The van der Waals surface area contributed by atoms with Crippen molar-refractivity contribution < 1.29 is 0 Å². The van der Waals surface area contributed by atoms with Gasteiger partial charge in [-0.05, 0) is 68.6 Å². The summed E-state index contributed by atoms with van der Waals surface area (Å²) in [6, 6.07) is 8.66. The Balaban J connectivity index is 1.86. The summed E-state index contributed by atoms with van der Waals surface area (Å²) in [6.07, 6.45) is 9.47. The maximum atomic E-state index is 3.96. The van der Waals surface area contributed by atoms with E-state index in [1.807, 2.05) is 6.08 Å². The number of aromatic amines is 1. The van der Waals surface area contributed by atoms with Crippen molar-refractivity contribution in [2.45, 2.75) is 40.7 Å². The molecule has 3 heteroatoms. The lowest BCUT2D eigenvalue weighted by atomic mass is 10.1. The number of hydrogen-bond acceptors (Lipinski definition) is 2. The number of allylic oxidation sites excluding steroid dienone is 1. The summed E-state index contributed by atoms with van der Waals surface area (Å²) >= 11 is 0. The molecule has 1 aromatic heterocycles. The lowest BCUT2D eigenvalue weighted by Gasteiger charge is -2.06. The van der Waals surface area contributed by atoms with Crippen LogP contribution in [0.4, 0.5) is 0 Å². The van der Waals surface area contributed by atoms with Crippen molar-refractivity contribution >= 4 is 18.2 Å². The van der Waals surface area contributed by atoms with Gasteiger partial charge < -0.3 is 15.6 Å². The summed E-state index contributed by atoms with van der Waals surface area (Å²) in [5.74, 6) is 0. The third-order valence-electron chi connectivity index (χ3n) is 4.71. The maximum Gasteiger partial charge on any atom is 0.0412 e. The van der Waals surface area contributed by atoms with Crippen LogP contribution in [-0.4, -0.2) is 18.1 Å². The van der Waals surface area contributed by atoms with Crippen LogP contribution in [0.3, 0.4) is 0 Å². The zero-order chi connectivity index (χ0) is 19.6. The molecule has 0 aliphatic heterocycles. The summed E-state index contributed by atoms with van der Waals surface area (Å²) in [6.45, 7) is 15.1. The minimum atomic E-state index is 0.884. The molecule has 3 nitrogen and oxygen atoms in total. The lowest BCUT2D eigenvalue weighted by molar-refractivity contribution is 0.684. The minimum Gasteiger partial charge on any atom is -0.386 e. The van der Waals surface area contributed by atoms with Gasteiger partial charge in [0.15, 0.2) is 0 Å². The molecule has 0 aliphatic rings. The summed E-state index contributed by atoms with van der Waals surface area (Å²) in [5, 5.41) is 9.32. The second-order valence-electron chi connectivity index (χ2n) is 6.69. The normalized spacial score (nSPS) is 12.9. The second-order valence-corrected chi connectivity index (χ2v) is 6.69. The summed E-state index contributed by atoms with van der Waals surface area (Å²) in [4.78, 5) is 3.47. The molecule has 0 atom stereocenters. The number of likely N-dealkylation sites (N-methyl/N-ethyl adjacent to an activating group) is 1. The highest BCUT2D eigenvalue weighted by molar-refractivity contribution is 5.52. The first-order chi connectivity index (χ1) is 13.1. The van der Waals surface area contributed by atoms with E-state index in [0.29, 0.717) is 0 Å². The predicted octanol–water partition coefficient (Wildman–Crippen LogP) is 3.39. The van der Waals surface area contributed by atoms with E-state index in [9.17, 15) is 0 Å². The van der Waals surface area contributed by atoms with Gasteiger partial charge in [-0.2, -0.15) is 0 Å². The minimum absolute atomic E-state index is 0.884. The molecule has 0 fully saturated rings. The highest BCUT2D eigenvalue weighted by Crippen LogP contribution is 2.07. The molecule has 3 N–H and O–H groups in total. The van der Waals surface area contributed by atoms with Gasteiger partial charge in [-0.15, -0.1) is 0 Å². The maximum absolute atomic E-state index is 3.96. The van der Waals surface area contributed by atoms with Crippen LogP contribution < -0.4 is 21.2 Å². The molecule has 0 saturated heterocycles. The molecule has 0 aliphatic carbocycles. The fourth-order valence-electron chi connectivity index (χ4n) is 3.26. The molecule has 0 spiro atoms. The van der Waals surface area contributed by atoms with Gasteiger partial charge in [-0.25, -0.2) is 0 Å². The fourth-order valence-corrected chi connectivity index (χ4v) is 3.26. The van der Waals surface area contributed by atoms with Crippen molar-refractivity contribution in [3.8, 4) is 0 Å². The molecule has 2 aromatic rings. The van der Waals surface area contributed by atoms with Crippen LogP contribution in [0.2, 0.25) is 0 Å². The van der Waals surface area contributed by atoms with Gasteiger partial charge in [0.2, 0.25) is 0 Å². The molecule has 1 aromatic carbocycles. The van der Waals surface area contributed by atoms with Crippen molar-refractivity contribution in [2.24, 2.45) is 0 Å². The number of H-pyrrole nitrogens is 1. The van der Waals surface area contributed by atoms with E-state index in [0.717, 1.165) is 31.8 Å². The molecule has 2 rings (SSSR count). The van der Waals surface area contributed by atoms with Crippen molar-refractivity contribution in [1.82, 2.24) is 15.6 Å². The van der Waals surface area contributed by atoms with Crippen LogP contribution in [-0.2, 0) is 13.0 Å². The molecule has 27 heavy (non-hydrogen) atoms. The van der Waals surface area contributed by atoms with E-state index in [-0.39, 0.29) is 0 Å². The molecular formula is C24H33N3. The van der Waals surface area contributed by atoms with E-state index in [1.54, 1.807) is 0 Å². The first-order valence-electron chi connectivity index (χ1n) is 9.79. The first-order valence-corrected chi connectivity index (χ1v) is 9.79. The Kier molecular flexibility index (Phi) is 8.15. The number of benzene rings is 1. The highest BCUT2D eigenvalue weighted by Gasteiger charge is 2.04. The van der Waals surface area contributed by atoms with Crippen molar-refractivity contribution in [1.29, 1.82) is 0 Å². The summed E-state index contributed by atoms with van der Waals surface area (Å²) in [7, 11) is 0. The second kappa shape index (κ2) is 10.6. The Hall–Kier alpha value is -2.52. The molecule has 0 bridgehead atoms. The number of aromatic nitrogens is 1. The van der Waals surface area contributed by atoms with E-state index in [2.05, 4.69) is 92.4 Å². The van der Waals surface area contributed by atoms with Gasteiger partial charge >= 0.3 is 0 Å². The van der Waals surface area contributed by atoms with Gasteiger partial charge in [-0.1, -0.05) is 49.1 Å². The number of aryl methyl sites for hydroxylation is 1. The van der Waals surface area contributed by atoms with E-state index in [1.165, 1.54) is 33.0 Å². The summed E-state index contributed by atoms with van der Waals surface area (Å²) < 4.78 is 0. The topological polar surface area (TPSA) is 39.9 Å². The highest BCUT2D eigenvalue weighted by atomic mass is 14.9. The Morgan fingerprint density at radius 2 is 1.89 bits per heavy atom. The Morgan fingerprint density at radius 3 is 2.52 bits per heavy atom. The van der Waals surface area contributed by atoms with Crippen LogP contribution >= 0.6 is 0 Å². The molecule has 0 saturated carbocycles. The van der Waals surface area contributed by atoms with E-state index in [4.69, 9.17) is 0 Å². The number of nitrogens with one attached hydrogen (secondary N) is 3. The SMILES string of the molecule is C=C(/C=C/c1ccc(CNCCc2c(C)[nH]c(=C/C)/c2=C\C)cc1)NCC. The van der Waals surface area contributed by atoms with Crippen LogP contribution in [0.5, 0.6) is 0 Å². The van der Waals surface area contributed by atoms with Gasteiger partial charge in [-0.3, -0.25) is 0 Å².